The van der Waals surface area contributed by atoms with E-state index in [1.54, 1.807) is 14.2 Å². The topological polar surface area (TPSA) is 47.6 Å². The Morgan fingerprint density at radius 2 is 1.89 bits per heavy atom. The quantitative estimate of drug-likeness (QED) is 0.782. The molecule has 0 aliphatic carbocycles. The molecule has 0 radical (unpaired) electrons. The molecule has 0 atom stereocenters. The lowest BCUT2D eigenvalue weighted by Gasteiger charge is -2.13. The van der Waals surface area contributed by atoms with Gasteiger partial charge in [-0.05, 0) is 36.6 Å². The molecule has 0 spiro atoms. The predicted octanol–water partition coefficient (Wildman–Crippen LogP) is 2.30. The lowest BCUT2D eigenvalue weighted by molar-refractivity contribution is -0.120. The van der Waals surface area contributed by atoms with Crippen molar-refractivity contribution in [1.29, 1.82) is 0 Å². The number of rotatable bonds is 7. The van der Waals surface area contributed by atoms with Crippen LogP contribution >= 0.6 is 11.6 Å². The molecule has 0 bridgehead atoms. The Hall–Kier alpha value is -1.42. The number of benzene rings is 1. The van der Waals surface area contributed by atoms with Crippen molar-refractivity contribution >= 4 is 17.5 Å². The lowest BCUT2D eigenvalue weighted by atomic mass is 10.0. The highest BCUT2D eigenvalue weighted by Crippen LogP contribution is 2.30. The van der Waals surface area contributed by atoms with Crippen LogP contribution in [-0.4, -0.2) is 32.6 Å². The van der Waals surface area contributed by atoms with Crippen molar-refractivity contribution in [3.8, 4) is 11.5 Å². The molecule has 0 aromatic heterocycles. The van der Waals surface area contributed by atoms with Crippen molar-refractivity contribution < 1.29 is 14.3 Å². The zero-order chi connectivity index (χ0) is 14.3. The van der Waals surface area contributed by atoms with Gasteiger partial charge in [0.05, 0.1) is 14.2 Å². The van der Waals surface area contributed by atoms with E-state index in [0.29, 0.717) is 24.6 Å². The Labute approximate surface area is 119 Å². The van der Waals surface area contributed by atoms with Crippen LogP contribution in [0.3, 0.4) is 0 Å². The molecule has 0 unspecified atom stereocenters. The average Bonchev–Trinajstić information content (AvgIpc) is 2.40. The van der Waals surface area contributed by atoms with E-state index >= 15 is 0 Å². The SMILES string of the molecule is COc1cc(C)c(CCNC(=O)CCCl)cc1OC. The number of methoxy groups -OCH3 is 2. The normalized spacial score (nSPS) is 10.1. The van der Waals surface area contributed by atoms with Gasteiger partial charge in [0.1, 0.15) is 0 Å². The van der Waals surface area contributed by atoms with Crippen LogP contribution in [0.1, 0.15) is 17.5 Å². The molecule has 1 aromatic carbocycles. The van der Waals surface area contributed by atoms with E-state index < -0.39 is 0 Å². The Bertz CT molecular complexity index is 435. The van der Waals surface area contributed by atoms with Gasteiger partial charge in [0, 0.05) is 18.8 Å². The van der Waals surface area contributed by atoms with Gasteiger partial charge in [-0.15, -0.1) is 11.6 Å². The Morgan fingerprint density at radius 1 is 1.26 bits per heavy atom. The fraction of sp³-hybridized carbons (Fsp3) is 0.500. The molecule has 0 aliphatic heterocycles. The van der Waals surface area contributed by atoms with E-state index in [9.17, 15) is 4.79 Å². The van der Waals surface area contributed by atoms with E-state index in [4.69, 9.17) is 21.1 Å². The molecule has 1 rings (SSSR count). The third-order valence-corrected chi connectivity index (χ3v) is 3.07. The van der Waals surface area contributed by atoms with Crippen LogP contribution in [-0.2, 0) is 11.2 Å². The Balaban J connectivity index is 2.65. The Morgan fingerprint density at radius 3 is 2.47 bits per heavy atom. The smallest absolute Gasteiger partial charge is 0.221 e. The molecule has 0 saturated carbocycles. The van der Waals surface area contributed by atoms with E-state index in [0.717, 1.165) is 23.3 Å². The predicted molar refractivity (Wildman–Crippen MR) is 76.3 cm³/mol. The number of halogens is 1. The molecular weight excluding hydrogens is 266 g/mol. The highest BCUT2D eigenvalue weighted by Gasteiger charge is 2.08. The van der Waals surface area contributed by atoms with Crippen molar-refractivity contribution in [1.82, 2.24) is 5.32 Å². The van der Waals surface area contributed by atoms with Gasteiger partial charge >= 0.3 is 0 Å². The van der Waals surface area contributed by atoms with Crippen molar-refractivity contribution in [2.24, 2.45) is 0 Å². The second-order valence-electron chi connectivity index (χ2n) is 4.17. The monoisotopic (exact) mass is 285 g/mol. The molecule has 0 saturated heterocycles. The summed E-state index contributed by atoms with van der Waals surface area (Å²) in [5.41, 5.74) is 2.24. The number of aryl methyl sites for hydroxylation is 1. The molecule has 4 nitrogen and oxygen atoms in total. The molecule has 0 aliphatic rings. The van der Waals surface area contributed by atoms with Gasteiger partial charge in [-0.3, -0.25) is 4.79 Å². The Kier molecular flexibility index (Phi) is 6.50. The first-order valence-electron chi connectivity index (χ1n) is 6.16. The summed E-state index contributed by atoms with van der Waals surface area (Å²) in [7, 11) is 3.22. The second-order valence-corrected chi connectivity index (χ2v) is 4.55. The van der Waals surface area contributed by atoms with E-state index in [1.165, 1.54) is 0 Å². The molecule has 1 N–H and O–H groups in total. The minimum Gasteiger partial charge on any atom is -0.493 e. The van der Waals surface area contributed by atoms with Crippen LogP contribution in [0.4, 0.5) is 0 Å². The first-order chi connectivity index (χ1) is 9.12. The maximum absolute atomic E-state index is 11.3. The van der Waals surface area contributed by atoms with Crippen molar-refractivity contribution in [2.75, 3.05) is 26.6 Å². The average molecular weight is 286 g/mol. The zero-order valence-electron chi connectivity index (χ0n) is 11.6. The molecular formula is C14H20ClNO3. The number of amides is 1. The molecule has 0 fully saturated rings. The van der Waals surface area contributed by atoms with E-state index in [1.807, 2.05) is 19.1 Å². The van der Waals surface area contributed by atoms with Crippen LogP contribution in [0.25, 0.3) is 0 Å². The molecule has 0 heterocycles. The summed E-state index contributed by atoms with van der Waals surface area (Å²) in [6.07, 6.45) is 1.10. The maximum Gasteiger partial charge on any atom is 0.221 e. The van der Waals surface area contributed by atoms with Gasteiger partial charge in [0.15, 0.2) is 11.5 Å². The van der Waals surface area contributed by atoms with Crippen molar-refractivity contribution in [2.45, 2.75) is 19.8 Å². The van der Waals surface area contributed by atoms with E-state index in [2.05, 4.69) is 5.32 Å². The summed E-state index contributed by atoms with van der Waals surface area (Å²) < 4.78 is 10.5. The molecule has 1 amide bonds. The maximum atomic E-state index is 11.3. The summed E-state index contributed by atoms with van der Waals surface area (Å²) in [5.74, 6) is 1.75. The summed E-state index contributed by atoms with van der Waals surface area (Å²) in [4.78, 5) is 11.3. The fourth-order valence-corrected chi connectivity index (χ4v) is 1.97. The van der Waals surface area contributed by atoms with Crippen LogP contribution in [0, 0.1) is 6.92 Å². The van der Waals surface area contributed by atoms with Crippen molar-refractivity contribution in [3.05, 3.63) is 23.3 Å². The standard InChI is InChI=1S/C14H20ClNO3/c1-10-8-12(18-2)13(19-3)9-11(10)5-7-16-14(17)4-6-15/h8-9H,4-7H2,1-3H3,(H,16,17). The summed E-state index contributed by atoms with van der Waals surface area (Å²) in [6.45, 7) is 2.60. The third kappa shape index (κ3) is 4.63. The lowest BCUT2D eigenvalue weighted by Crippen LogP contribution is -2.25. The molecule has 1 aromatic rings. The summed E-state index contributed by atoms with van der Waals surface area (Å²) >= 11 is 5.50. The highest BCUT2D eigenvalue weighted by atomic mass is 35.5. The number of carbonyl (C=O) groups is 1. The van der Waals surface area contributed by atoms with Crippen LogP contribution in [0.2, 0.25) is 0 Å². The number of nitrogens with one attached hydrogen (secondary N) is 1. The number of hydrogen-bond acceptors (Lipinski definition) is 3. The minimum absolute atomic E-state index is 0.0203. The van der Waals surface area contributed by atoms with Gasteiger partial charge in [0.2, 0.25) is 5.91 Å². The largest absolute Gasteiger partial charge is 0.493 e. The van der Waals surface area contributed by atoms with Gasteiger partial charge in [-0.2, -0.15) is 0 Å². The van der Waals surface area contributed by atoms with Gasteiger partial charge < -0.3 is 14.8 Å². The van der Waals surface area contributed by atoms with Gasteiger partial charge in [0.25, 0.3) is 0 Å². The summed E-state index contributed by atoms with van der Waals surface area (Å²) in [5, 5.41) is 2.83. The molecule has 5 heteroatoms. The number of alkyl halides is 1. The molecule has 19 heavy (non-hydrogen) atoms. The second kappa shape index (κ2) is 7.89. The first kappa shape index (κ1) is 15.6. The van der Waals surface area contributed by atoms with Crippen molar-refractivity contribution in [3.63, 3.8) is 0 Å². The number of ether oxygens (including phenoxy) is 2. The summed E-state index contributed by atoms with van der Waals surface area (Å²) in [6, 6.07) is 3.89. The fourth-order valence-electron chi connectivity index (χ4n) is 1.80. The molecule has 106 valence electrons. The number of carbonyl (C=O) groups excluding carboxylic acids is 1. The van der Waals surface area contributed by atoms with Gasteiger partial charge in [-0.25, -0.2) is 0 Å². The van der Waals surface area contributed by atoms with Crippen LogP contribution in [0.15, 0.2) is 12.1 Å². The highest BCUT2D eigenvalue weighted by molar-refractivity contribution is 6.18. The van der Waals surface area contributed by atoms with Gasteiger partial charge in [-0.1, -0.05) is 0 Å². The van der Waals surface area contributed by atoms with Crippen LogP contribution < -0.4 is 14.8 Å². The van der Waals surface area contributed by atoms with Crippen LogP contribution in [0.5, 0.6) is 11.5 Å². The first-order valence-corrected chi connectivity index (χ1v) is 6.70. The third-order valence-electron chi connectivity index (χ3n) is 2.88. The minimum atomic E-state index is -0.0203. The zero-order valence-corrected chi connectivity index (χ0v) is 12.3. The van der Waals surface area contributed by atoms with E-state index in [-0.39, 0.29) is 5.91 Å². The number of hydrogen-bond donors (Lipinski definition) is 1.